The van der Waals surface area contributed by atoms with Crippen LogP contribution in [0.2, 0.25) is 5.02 Å². The average molecular weight is 281 g/mol. The Morgan fingerprint density at radius 2 is 1.82 bits per heavy atom. The summed E-state index contributed by atoms with van der Waals surface area (Å²) in [6.45, 7) is 7.55. The van der Waals surface area contributed by atoms with Gasteiger partial charge in [0, 0.05) is 11.1 Å². The molecule has 0 radical (unpaired) electrons. The largest absolute Gasteiger partial charge is 0.488 e. The third-order valence-corrected chi connectivity index (χ3v) is 2.95. The summed E-state index contributed by atoms with van der Waals surface area (Å²) in [4.78, 5) is 0. The summed E-state index contributed by atoms with van der Waals surface area (Å²) in [5, 5.41) is 0.349. The Balaban J connectivity index is 3.29. The van der Waals surface area contributed by atoms with Gasteiger partial charge in [0.15, 0.2) is 0 Å². The Morgan fingerprint density at radius 3 is 2.24 bits per heavy atom. The van der Waals surface area contributed by atoms with Gasteiger partial charge in [0.25, 0.3) is 0 Å². The summed E-state index contributed by atoms with van der Waals surface area (Å²) in [5.74, 6) is -0.0921. The lowest BCUT2D eigenvalue weighted by molar-refractivity contribution is 0.438. The van der Waals surface area contributed by atoms with Crippen molar-refractivity contribution in [3.05, 3.63) is 28.3 Å². The fourth-order valence-corrected chi connectivity index (χ4v) is 2.27. The van der Waals surface area contributed by atoms with Crippen LogP contribution in [0.1, 0.15) is 31.9 Å². The van der Waals surface area contributed by atoms with Crippen LogP contribution in [0.4, 0.5) is 3.89 Å². The van der Waals surface area contributed by atoms with Crippen LogP contribution in [0.5, 0.6) is 5.75 Å². The molecule has 0 amide bonds. The molecule has 0 aliphatic rings. The van der Waals surface area contributed by atoms with Gasteiger partial charge in [-0.15, -0.1) is 0 Å². The first kappa shape index (κ1) is 14.3. The summed E-state index contributed by atoms with van der Waals surface area (Å²) >= 11 is 6.02. The lowest BCUT2D eigenvalue weighted by Crippen LogP contribution is -2.13. The Morgan fingerprint density at radius 1 is 1.29 bits per heavy atom. The Kier molecular flexibility index (Phi) is 3.74. The van der Waals surface area contributed by atoms with E-state index in [1.807, 2.05) is 20.8 Å². The van der Waals surface area contributed by atoms with Crippen LogP contribution in [0, 0.1) is 6.92 Å². The molecule has 0 aliphatic carbocycles. The second-order valence-corrected chi connectivity index (χ2v) is 6.18. The highest BCUT2D eigenvalue weighted by molar-refractivity contribution is 7.81. The molecule has 0 aromatic heterocycles. The molecule has 17 heavy (non-hydrogen) atoms. The lowest BCUT2D eigenvalue weighted by Gasteiger charge is -2.22. The van der Waals surface area contributed by atoms with E-state index in [2.05, 4.69) is 4.18 Å². The van der Waals surface area contributed by atoms with Crippen molar-refractivity contribution in [1.29, 1.82) is 0 Å². The molecule has 0 saturated heterocycles. The first-order valence-electron chi connectivity index (χ1n) is 4.95. The molecule has 0 bridgehead atoms. The van der Waals surface area contributed by atoms with Crippen LogP contribution in [-0.4, -0.2) is 8.42 Å². The number of halogens is 2. The first-order chi connectivity index (χ1) is 7.50. The van der Waals surface area contributed by atoms with Crippen molar-refractivity contribution in [1.82, 2.24) is 0 Å². The van der Waals surface area contributed by atoms with E-state index < -0.39 is 10.5 Å². The Hall–Kier alpha value is -0.810. The summed E-state index contributed by atoms with van der Waals surface area (Å²) in [5.41, 5.74) is 1.18. The zero-order valence-electron chi connectivity index (χ0n) is 10.0. The van der Waals surface area contributed by atoms with Gasteiger partial charge in [0.05, 0.1) is 0 Å². The maximum atomic E-state index is 12.4. The molecule has 96 valence electrons. The predicted octanol–water partition coefficient (Wildman–Crippen LogP) is 3.54. The van der Waals surface area contributed by atoms with E-state index in [-0.39, 0.29) is 11.2 Å². The molecule has 0 saturated carbocycles. The van der Waals surface area contributed by atoms with Gasteiger partial charge in [-0.3, -0.25) is 0 Å². The molecule has 3 nitrogen and oxygen atoms in total. The molecule has 6 heteroatoms. The fraction of sp³-hybridized carbons (Fsp3) is 0.455. The fourth-order valence-electron chi connectivity index (χ4n) is 1.44. The van der Waals surface area contributed by atoms with Crippen molar-refractivity contribution in [3.8, 4) is 5.75 Å². The molecule has 0 spiro atoms. The molecule has 1 rings (SSSR count). The minimum absolute atomic E-state index is 0.0921. The normalized spacial score (nSPS) is 12.6. The van der Waals surface area contributed by atoms with Crippen molar-refractivity contribution in [2.45, 2.75) is 33.1 Å². The minimum atomic E-state index is -5.02. The molecule has 0 fully saturated rings. The van der Waals surface area contributed by atoms with Crippen molar-refractivity contribution in [2.24, 2.45) is 0 Å². The Bertz CT molecular complexity index is 532. The number of aryl methyl sites for hydroxylation is 1. The monoisotopic (exact) mass is 280 g/mol. The van der Waals surface area contributed by atoms with Gasteiger partial charge >= 0.3 is 10.5 Å². The molecule has 1 aromatic carbocycles. The second kappa shape index (κ2) is 4.46. The number of hydrogen-bond acceptors (Lipinski definition) is 3. The average Bonchev–Trinajstić information content (AvgIpc) is 2.06. The van der Waals surface area contributed by atoms with E-state index in [9.17, 15) is 12.3 Å². The number of benzene rings is 1. The molecule has 1 aromatic rings. The standard InChI is InChI=1S/C11H14ClFO3S/c1-7-5-8(11(2,3)4)9(12)6-10(7)16-17(13,14)15/h5-6H,1-4H3. The molecule has 0 aliphatic heterocycles. The summed E-state index contributed by atoms with van der Waals surface area (Å²) in [7, 11) is -5.02. The topological polar surface area (TPSA) is 43.4 Å². The van der Waals surface area contributed by atoms with Gasteiger partial charge < -0.3 is 4.18 Å². The zero-order chi connectivity index (χ0) is 13.4. The predicted molar refractivity (Wildman–Crippen MR) is 65.5 cm³/mol. The molecule has 0 unspecified atom stereocenters. The SMILES string of the molecule is Cc1cc(C(C)(C)C)c(Cl)cc1OS(=O)(=O)F. The van der Waals surface area contributed by atoms with Gasteiger partial charge in [-0.05, 0) is 23.5 Å². The van der Waals surface area contributed by atoms with Crippen LogP contribution in [0.15, 0.2) is 12.1 Å². The number of rotatable bonds is 2. The van der Waals surface area contributed by atoms with Crippen molar-refractivity contribution in [2.75, 3.05) is 0 Å². The first-order valence-corrected chi connectivity index (χ1v) is 6.64. The van der Waals surface area contributed by atoms with Crippen LogP contribution >= 0.6 is 11.6 Å². The van der Waals surface area contributed by atoms with Crippen LogP contribution < -0.4 is 4.18 Å². The van der Waals surface area contributed by atoms with Gasteiger partial charge in [-0.25, -0.2) is 0 Å². The van der Waals surface area contributed by atoms with Crippen LogP contribution in [-0.2, 0) is 15.9 Å². The maximum Gasteiger partial charge on any atom is 0.488 e. The molecular formula is C11H14ClFO3S. The van der Waals surface area contributed by atoms with Crippen molar-refractivity contribution >= 4 is 22.1 Å². The summed E-state index contributed by atoms with van der Waals surface area (Å²) in [6, 6.07) is 3.01. The van der Waals surface area contributed by atoms with E-state index in [1.54, 1.807) is 13.0 Å². The molecule has 0 N–H and O–H groups in total. The van der Waals surface area contributed by atoms with E-state index in [4.69, 9.17) is 11.6 Å². The highest BCUT2D eigenvalue weighted by Gasteiger charge is 2.21. The van der Waals surface area contributed by atoms with E-state index >= 15 is 0 Å². The quantitative estimate of drug-likeness (QED) is 0.778. The van der Waals surface area contributed by atoms with Crippen molar-refractivity contribution < 1.29 is 16.5 Å². The third-order valence-electron chi connectivity index (χ3n) is 2.26. The lowest BCUT2D eigenvalue weighted by atomic mass is 9.86. The molecule has 0 atom stereocenters. The zero-order valence-corrected chi connectivity index (χ0v) is 11.6. The Labute approximate surface area is 106 Å². The van der Waals surface area contributed by atoms with Crippen LogP contribution in [0.25, 0.3) is 0 Å². The number of hydrogen-bond donors (Lipinski definition) is 0. The van der Waals surface area contributed by atoms with Gasteiger partial charge in [0.1, 0.15) is 5.75 Å². The van der Waals surface area contributed by atoms with Crippen LogP contribution in [0.3, 0.4) is 0 Å². The highest BCUT2D eigenvalue weighted by Crippen LogP contribution is 2.35. The summed E-state index contributed by atoms with van der Waals surface area (Å²) < 4.78 is 37.5. The van der Waals surface area contributed by atoms with Gasteiger partial charge in [-0.1, -0.05) is 42.3 Å². The second-order valence-electron chi connectivity index (χ2n) is 4.82. The third kappa shape index (κ3) is 3.85. The molecule has 0 heterocycles. The van der Waals surface area contributed by atoms with Gasteiger partial charge in [-0.2, -0.15) is 8.42 Å². The van der Waals surface area contributed by atoms with Crippen molar-refractivity contribution in [3.63, 3.8) is 0 Å². The highest BCUT2D eigenvalue weighted by atomic mass is 35.5. The van der Waals surface area contributed by atoms with E-state index in [0.717, 1.165) is 5.56 Å². The van der Waals surface area contributed by atoms with E-state index in [0.29, 0.717) is 10.6 Å². The smallest absolute Gasteiger partial charge is 0.358 e. The van der Waals surface area contributed by atoms with E-state index in [1.165, 1.54) is 6.07 Å². The summed E-state index contributed by atoms with van der Waals surface area (Å²) in [6.07, 6.45) is 0. The minimum Gasteiger partial charge on any atom is -0.358 e. The molecular weight excluding hydrogens is 267 g/mol. The van der Waals surface area contributed by atoms with Gasteiger partial charge in [0.2, 0.25) is 0 Å². The maximum absolute atomic E-state index is 12.4.